The summed E-state index contributed by atoms with van der Waals surface area (Å²) in [6.45, 7) is 4.11. The van der Waals surface area contributed by atoms with Crippen molar-refractivity contribution in [3.8, 4) is 0 Å². The van der Waals surface area contributed by atoms with Gasteiger partial charge in [-0.1, -0.05) is 6.42 Å². The Kier molecular flexibility index (Phi) is 5.90. The summed E-state index contributed by atoms with van der Waals surface area (Å²) >= 11 is 0. The first-order valence-electron chi connectivity index (χ1n) is 10.2. The average Bonchev–Trinajstić information content (AvgIpc) is 3.24. The second kappa shape index (κ2) is 8.72. The highest BCUT2D eigenvalue weighted by Crippen LogP contribution is 2.21. The Labute approximate surface area is 165 Å². The molecule has 1 N–H and O–H groups in total. The van der Waals surface area contributed by atoms with Crippen molar-refractivity contribution in [2.24, 2.45) is 12.0 Å². The first-order valence-corrected chi connectivity index (χ1v) is 10.2. The van der Waals surface area contributed by atoms with Gasteiger partial charge in [-0.25, -0.2) is 0 Å². The molecule has 1 fully saturated rings. The Morgan fingerprint density at radius 2 is 2.21 bits per heavy atom. The Bertz CT molecular complexity index is 811. The molecule has 0 saturated carbocycles. The molecule has 28 heavy (non-hydrogen) atoms. The van der Waals surface area contributed by atoms with E-state index in [9.17, 15) is 0 Å². The minimum absolute atomic E-state index is 0.0215. The lowest BCUT2D eigenvalue weighted by molar-refractivity contribution is -0.00801. The quantitative estimate of drug-likeness (QED) is 0.622. The third-order valence-corrected chi connectivity index (χ3v) is 5.49. The van der Waals surface area contributed by atoms with Crippen molar-refractivity contribution in [3.63, 3.8) is 0 Å². The van der Waals surface area contributed by atoms with E-state index in [-0.39, 0.29) is 6.10 Å². The number of nitrogens with one attached hydrogen (secondary N) is 1. The molecule has 2 aliphatic heterocycles. The van der Waals surface area contributed by atoms with Gasteiger partial charge in [-0.05, 0) is 12.8 Å². The fourth-order valence-electron chi connectivity index (χ4n) is 4.00. The van der Waals surface area contributed by atoms with Gasteiger partial charge >= 0.3 is 0 Å². The highest BCUT2D eigenvalue weighted by atomic mass is 16.5. The molecule has 1 unspecified atom stereocenters. The molecule has 0 aromatic carbocycles. The summed E-state index contributed by atoms with van der Waals surface area (Å²) in [4.78, 5) is 6.73. The molecule has 0 amide bonds. The summed E-state index contributed by atoms with van der Waals surface area (Å²) in [5.41, 5.74) is 1.11. The second-order valence-corrected chi connectivity index (χ2v) is 7.47. The molecule has 4 heterocycles. The molecule has 1 saturated heterocycles. The average molecular weight is 387 g/mol. The minimum atomic E-state index is 0.0215. The van der Waals surface area contributed by atoms with E-state index in [0.29, 0.717) is 6.61 Å². The summed E-state index contributed by atoms with van der Waals surface area (Å²) in [6.07, 6.45) is 9.53. The van der Waals surface area contributed by atoms with Gasteiger partial charge in [0.2, 0.25) is 0 Å². The molecule has 1 atom stereocenters. The lowest BCUT2D eigenvalue weighted by Gasteiger charge is -2.34. The van der Waals surface area contributed by atoms with Crippen LogP contribution in [0.2, 0.25) is 0 Å². The van der Waals surface area contributed by atoms with Gasteiger partial charge in [0.25, 0.3) is 0 Å². The zero-order valence-electron chi connectivity index (χ0n) is 16.8. The van der Waals surface area contributed by atoms with E-state index < -0.39 is 0 Å². The van der Waals surface area contributed by atoms with Gasteiger partial charge in [-0.15, -0.1) is 10.2 Å². The third kappa shape index (κ3) is 4.19. The Morgan fingerprint density at radius 1 is 1.29 bits per heavy atom. The number of ether oxygens (including phenoxy) is 1. The molecule has 0 spiro atoms. The van der Waals surface area contributed by atoms with E-state index in [1.807, 2.05) is 31.2 Å². The van der Waals surface area contributed by atoms with Crippen molar-refractivity contribution < 1.29 is 4.74 Å². The van der Waals surface area contributed by atoms with Crippen molar-refractivity contribution >= 4 is 5.96 Å². The second-order valence-electron chi connectivity index (χ2n) is 7.47. The normalized spacial score (nSPS) is 20.7. The van der Waals surface area contributed by atoms with Gasteiger partial charge < -0.3 is 19.5 Å². The number of fused-ring (bicyclic) bond motifs is 1. The molecule has 0 bridgehead atoms. The van der Waals surface area contributed by atoms with E-state index in [0.717, 1.165) is 62.2 Å². The molecule has 152 valence electrons. The number of morpholine rings is 1. The van der Waals surface area contributed by atoms with Crippen LogP contribution >= 0.6 is 0 Å². The van der Waals surface area contributed by atoms with E-state index in [1.165, 1.54) is 19.3 Å². The number of aliphatic imine (C=N–C) groups is 1. The van der Waals surface area contributed by atoms with Crippen molar-refractivity contribution in [2.45, 2.75) is 44.8 Å². The molecule has 9 heteroatoms. The van der Waals surface area contributed by atoms with E-state index in [1.54, 1.807) is 0 Å². The van der Waals surface area contributed by atoms with E-state index >= 15 is 0 Å². The molecule has 2 aliphatic rings. The summed E-state index contributed by atoms with van der Waals surface area (Å²) in [5.74, 6) is 3.13. The fourth-order valence-corrected chi connectivity index (χ4v) is 4.00. The summed E-state index contributed by atoms with van der Waals surface area (Å²) in [5, 5.41) is 16.6. The minimum Gasteiger partial charge on any atom is -0.370 e. The van der Waals surface area contributed by atoms with Crippen LogP contribution < -0.4 is 5.32 Å². The smallest absolute Gasteiger partial charge is 0.193 e. The fraction of sp³-hybridized carbons (Fsp3) is 0.684. The standard InChI is InChI=1S/C19H30N8O/c1-20-19(26-10-11-28-16(14-26)15-12-22-25(2)13-15)21-8-7-18-24-23-17-6-4-3-5-9-27(17)18/h12-13,16H,3-11,14H2,1-2H3,(H,20,21). The topological polar surface area (TPSA) is 85.4 Å². The van der Waals surface area contributed by atoms with Gasteiger partial charge in [-0.3, -0.25) is 9.67 Å². The first kappa shape index (κ1) is 18.9. The Hall–Kier alpha value is -2.42. The summed E-state index contributed by atoms with van der Waals surface area (Å²) in [6, 6.07) is 0. The number of hydrogen-bond donors (Lipinski definition) is 1. The molecule has 0 radical (unpaired) electrons. The van der Waals surface area contributed by atoms with Crippen LogP contribution in [0.25, 0.3) is 0 Å². The van der Waals surface area contributed by atoms with Crippen molar-refractivity contribution in [2.75, 3.05) is 33.3 Å². The molecule has 4 rings (SSSR count). The highest BCUT2D eigenvalue weighted by molar-refractivity contribution is 5.80. The number of rotatable bonds is 4. The number of guanidine groups is 1. The van der Waals surface area contributed by atoms with Crippen LogP contribution in [0.15, 0.2) is 17.4 Å². The van der Waals surface area contributed by atoms with Crippen LogP contribution in [-0.2, 0) is 31.2 Å². The van der Waals surface area contributed by atoms with Crippen molar-refractivity contribution in [1.29, 1.82) is 0 Å². The van der Waals surface area contributed by atoms with Crippen LogP contribution in [0.3, 0.4) is 0 Å². The molecular weight excluding hydrogens is 356 g/mol. The van der Waals surface area contributed by atoms with Crippen molar-refractivity contribution in [3.05, 3.63) is 29.6 Å². The van der Waals surface area contributed by atoms with Crippen LogP contribution in [0.1, 0.15) is 42.6 Å². The van der Waals surface area contributed by atoms with Crippen LogP contribution in [-0.4, -0.2) is 68.7 Å². The van der Waals surface area contributed by atoms with Gasteiger partial charge in [0, 0.05) is 58.3 Å². The molecule has 2 aromatic rings. The number of aromatic nitrogens is 5. The van der Waals surface area contributed by atoms with Crippen LogP contribution in [0.4, 0.5) is 0 Å². The predicted molar refractivity (Wildman–Crippen MR) is 106 cm³/mol. The highest BCUT2D eigenvalue weighted by Gasteiger charge is 2.25. The lowest BCUT2D eigenvalue weighted by Crippen LogP contribution is -2.48. The number of nitrogens with zero attached hydrogens (tertiary/aromatic N) is 7. The zero-order chi connectivity index (χ0) is 19.3. The van der Waals surface area contributed by atoms with Crippen LogP contribution in [0.5, 0.6) is 0 Å². The maximum atomic E-state index is 5.94. The molecule has 9 nitrogen and oxygen atoms in total. The maximum absolute atomic E-state index is 5.94. The van der Waals surface area contributed by atoms with Crippen LogP contribution in [0, 0.1) is 0 Å². The lowest BCUT2D eigenvalue weighted by atomic mass is 10.1. The van der Waals surface area contributed by atoms with Gasteiger partial charge in [0.1, 0.15) is 17.8 Å². The van der Waals surface area contributed by atoms with Gasteiger partial charge in [0.15, 0.2) is 5.96 Å². The van der Waals surface area contributed by atoms with E-state index in [2.05, 4.69) is 35.1 Å². The SMILES string of the molecule is CN=C(NCCc1nnc2n1CCCCC2)N1CCOC(c2cnn(C)c2)C1. The summed E-state index contributed by atoms with van der Waals surface area (Å²) in [7, 11) is 3.76. The maximum Gasteiger partial charge on any atom is 0.193 e. The first-order chi connectivity index (χ1) is 13.7. The molecular formula is C19H30N8O. The predicted octanol–water partition coefficient (Wildman–Crippen LogP) is 0.929. The zero-order valence-corrected chi connectivity index (χ0v) is 16.8. The van der Waals surface area contributed by atoms with Gasteiger partial charge in [-0.2, -0.15) is 5.10 Å². The van der Waals surface area contributed by atoms with Crippen molar-refractivity contribution in [1.82, 2.24) is 34.8 Å². The Morgan fingerprint density at radius 3 is 3.04 bits per heavy atom. The number of hydrogen-bond acceptors (Lipinski definition) is 5. The number of aryl methyl sites for hydroxylation is 2. The molecule has 0 aliphatic carbocycles. The monoisotopic (exact) mass is 386 g/mol. The Balaban J connectivity index is 1.33. The van der Waals surface area contributed by atoms with Gasteiger partial charge in [0.05, 0.1) is 19.3 Å². The molecule has 2 aromatic heterocycles. The van der Waals surface area contributed by atoms with E-state index in [4.69, 9.17) is 4.74 Å². The largest absolute Gasteiger partial charge is 0.370 e. The third-order valence-electron chi connectivity index (χ3n) is 5.49. The summed E-state index contributed by atoms with van der Waals surface area (Å²) < 4.78 is 10.1.